The summed E-state index contributed by atoms with van der Waals surface area (Å²) in [6.45, 7) is 4.51. The SMILES string of the molecule is C/C=C/[C@H]1CC[C@H](C/C=C\C[C@H]2CC[C@H](CC)CC2)CC1. The summed E-state index contributed by atoms with van der Waals surface area (Å²) >= 11 is 0. The third-order valence-electron chi connectivity index (χ3n) is 6.01. The molecule has 0 heterocycles. The van der Waals surface area contributed by atoms with Gasteiger partial charge in [-0.3, -0.25) is 0 Å². The van der Waals surface area contributed by atoms with E-state index in [4.69, 9.17) is 0 Å². The van der Waals surface area contributed by atoms with Gasteiger partial charge in [0.05, 0.1) is 0 Å². The number of rotatable bonds is 6. The molecule has 0 unspecified atom stereocenters. The van der Waals surface area contributed by atoms with Gasteiger partial charge in [-0.05, 0) is 82.0 Å². The monoisotopic (exact) mass is 288 g/mol. The Morgan fingerprint density at radius 1 is 0.714 bits per heavy atom. The van der Waals surface area contributed by atoms with E-state index in [1.807, 2.05) is 0 Å². The maximum atomic E-state index is 2.51. The topological polar surface area (TPSA) is 0 Å². The van der Waals surface area contributed by atoms with E-state index in [9.17, 15) is 0 Å². The molecule has 0 aliphatic heterocycles. The molecule has 2 rings (SSSR count). The van der Waals surface area contributed by atoms with Gasteiger partial charge in [0.15, 0.2) is 0 Å². The molecule has 2 aliphatic carbocycles. The largest absolute Gasteiger partial charge is 0.0914 e. The highest BCUT2D eigenvalue weighted by Gasteiger charge is 2.19. The van der Waals surface area contributed by atoms with Crippen LogP contribution in [0.5, 0.6) is 0 Å². The van der Waals surface area contributed by atoms with Crippen molar-refractivity contribution < 1.29 is 0 Å². The Morgan fingerprint density at radius 3 is 1.67 bits per heavy atom. The van der Waals surface area contributed by atoms with Gasteiger partial charge in [-0.15, -0.1) is 0 Å². The maximum Gasteiger partial charge on any atom is -0.0233 e. The van der Waals surface area contributed by atoms with Crippen molar-refractivity contribution in [2.24, 2.45) is 23.7 Å². The minimum absolute atomic E-state index is 0.879. The first kappa shape index (κ1) is 16.8. The van der Waals surface area contributed by atoms with Crippen molar-refractivity contribution in [3.63, 3.8) is 0 Å². The van der Waals surface area contributed by atoms with E-state index < -0.39 is 0 Å². The van der Waals surface area contributed by atoms with Gasteiger partial charge in [-0.25, -0.2) is 0 Å². The molecule has 0 amide bonds. The molecule has 0 bridgehead atoms. The smallest absolute Gasteiger partial charge is 0.0233 e. The maximum absolute atomic E-state index is 2.51. The van der Waals surface area contributed by atoms with Crippen LogP contribution in [0.25, 0.3) is 0 Å². The van der Waals surface area contributed by atoms with E-state index >= 15 is 0 Å². The van der Waals surface area contributed by atoms with Crippen molar-refractivity contribution in [1.29, 1.82) is 0 Å². The molecule has 2 fully saturated rings. The second-order valence-corrected chi connectivity index (χ2v) is 7.54. The Labute approximate surface area is 133 Å². The zero-order valence-electron chi connectivity index (χ0n) is 14.4. The van der Waals surface area contributed by atoms with Crippen LogP contribution in [0, 0.1) is 23.7 Å². The molecule has 0 aromatic carbocycles. The molecule has 0 aromatic heterocycles. The molecular formula is C21H36. The van der Waals surface area contributed by atoms with Gasteiger partial charge >= 0.3 is 0 Å². The summed E-state index contributed by atoms with van der Waals surface area (Å²) in [5, 5.41) is 0. The van der Waals surface area contributed by atoms with Gasteiger partial charge in [0.25, 0.3) is 0 Å². The Hall–Kier alpha value is -0.520. The van der Waals surface area contributed by atoms with Gasteiger partial charge in [0, 0.05) is 0 Å². The molecule has 0 nitrogen and oxygen atoms in total. The predicted octanol–water partition coefficient (Wildman–Crippen LogP) is 6.92. The standard InChI is InChI=1S/C21H36/c1-3-7-19-14-16-21(17-15-19)9-6-5-8-20-12-10-18(4-2)11-13-20/h3,5-7,18-21H,4,8-17H2,1-2H3/b6-5-,7-3+/t18-,19-,20-,21-. The molecule has 21 heavy (non-hydrogen) atoms. The first-order valence-corrected chi connectivity index (χ1v) is 9.59. The van der Waals surface area contributed by atoms with E-state index in [-0.39, 0.29) is 0 Å². The number of hydrogen-bond donors (Lipinski definition) is 0. The van der Waals surface area contributed by atoms with Crippen LogP contribution in [0.4, 0.5) is 0 Å². The molecule has 0 atom stereocenters. The predicted molar refractivity (Wildman–Crippen MR) is 94.4 cm³/mol. The van der Waals surface area contributed by atoms with Crippen LogP contribution in [-0.4, -0.2) is 0 Å². The Kier molecular flexibility index (Phi) is 7.61. The second-order valence-electron chi connectivity index (χ2n) is 7.54. The van der Waals surface area contributed by atoms with Crippen LogP contribution in [0.2, 0.25) is 0 Å². The summed E-state index contributed by atoms with van der Waals surface area (Å²) in [5.41, 5.74) is 0. The molecule has 0 radical (unpaired) electrons. The van der Waals surface area contributed by atoms with E-state index in [0.717, 1.165) is 23.7 Å². The zero-order valence-corrected chi connectivity index (χ0v) is 14.4. The fraction of sp³-hybridized carbons (Fsp3) is 0.810. The molecule has 0 heteroatoms. The minimum atomic E-state index is 0.879. The van der Waals surface area contributed by atoms with Crippen LogP contribution in [0.3, 0.4) is 0 Å². The third kappa shape index (κ3) is 6.01. The van der Waals surface area contributed by atoms with Crippen LogP contribution in [0.1, 0.15) is 84.5 Å². The fourth-order valence-corrected chi connectivity index (χ4v) is 4.34. The number of hydrogen-bond acceptors (Lipinski definition) is 0. The lowest BCUT2D eigenvalue weighted by atomic mass is 9.79. The summed E-state index contributed by atoms with van der Waals surface area (Å²) in [6, 6.07) is 0. The van der Waals surface area contributed by atoms with Gasteiger partial charge in [0.1, 0.15) is 0 Å². The lowest BCUT2D eigenvalue weighted by molar-refractivity contribution is 0.270. The van der Waals surface area contributed by atoms with Crippen LogP contribution in [0.15, 0.2) is 24.3 Å². The Balaban J connectivity index is 1.57. The first-order chi connectivity index (χ1) is 10.3. The fourth-order valence-electron chi connectivity index (χ4n) is 4.34. The van der Waals surface area contributed by atoms with Crippen molar-refractivity contribution in [2.75, 3.05) is 0 Å². The molecule has 0 saturated heterocycles. The molecule has 2 aliphatic rings. The highest BCUT2D eigenvalue weighted by Crippen LogP contribution is 2.34. The molecule has 2 saturated carbocycles. The van der Waals surface area contributed by atoms with Gasteiger partial charge in [-0.1, -0.05) is 50.5 Å². The first-order valence-electron chi connectivity index (χ1n) is 9.59. The van der Waals surface area contributed by atoms with Crippen molar-refractivity contribution in [2.45, 2.75) is 84.5 Å². The van der Waals surface area contributed by atoms with E-state index in [1.165, 1.54) is 70.6 Å². The molecule has 120 valence electrons. The Morgan fingerprint density at radius 2 is 1.19 bits per heavy atom. The normalized spacial score (nSPS) is 34.8. The van der Waals surface area contributed by atoms with Crippen molar-refractivity contribution in [3.8, 4) is 0 Å². The van der Waals surface area contributed by atoms with Crippen LogP contribution >= 0.6 is 0 Å². The van der Waals surface area contributed by atoms with Gasteiger partial charge < -0.3 is 0 Å². The molecule has 0 aromatic rings. The highest BCUT2D eigenvalue weighted by atomic mass is 14.3. The molecular weight excluding hydrogens is 252 g/mol. The summed E-state index contributed by atoms with van der Waals surface area (Å²) in [4.78, 5) is 0. The highest BCUT2D eigenvalue weighted by molar-refractivity contribution is 4.92. The van der Waals surface area contributed by atoms with Crippen LogP contribution < -0.4 is 0 Å². The lowest BCUT2D eigenvalue weighted by Gasteiger charge is -2.27. The van der Waals surface area contributed by atoms with Crippen molar-refractivity contribution in [3.05, 3.63) is 24.3 Å². The quantitative estimate of drug-likeness (QED) is 0.465. The summed E-state index contributed by atoms with van der Waals surface area (Å²) < 4.78 is 0. The lowest BCUT2D eigenvalue weighted by Crippen LogP contribution is -2.13. The van der Waals surface area contributed by atoms with E-state index in [0.29, 0.717) is 0 Å². The second kappa shape index (κ2) is 9.49. The summed E-state index contributed by atoms with van der Waals surface area (Å²) in [5.74, 6) is 3.88. The van der Waals surface area contributed by atoms with Gasteiger partial charge in [0.2, 0.25) is 0 Å². The molecule has 0 N–H and O–H groups in total. The number of allylic oxidation sites excluding steroid dienone is 4. The van der Waals surface area contributed by atoms with Crippen molar-refractivity contribution >= 4 is 0 Å². The average molecular weight is 289 g/mol. The third-order valence-corrected chi connectivity index (χ3v) is 6.01. The summed E-state index contributed by atoms with van der Waals surface area (Å²) in [7, 11) is 0. The molecule has 0 spiro atoms. The zero-order chi connectivity index (χ0) is 14.9. The van der Waals surface area contributed by atoms with Crippen LogP contribution in [-0.2, 0) is 0 Å². The van der Waals surface area contributed by atoms with E-state index in [2.05, 4.69) is 38.2 Å². The average Bonchev–Trinajstić information content (AvgIpc) is 2.54. The summed E-state index contributed by atoms with van der Waals surface area (Å²) in [6.07, 6.45) is 25.4. The Bertz CT molecular complexity index is 309. The van der Waals surface area contributed by atoms with Crippen molar-refractivity contribution in [1.82, 2.24) is 0 Å². The van der Waals surface area contributed by atoms with Gasteiger partial charge in [-0.2, -0.15) is 0 Å². The van der Waals surface area contributed by atoms with E-state index in [1.54, 1.807) is 0 Å². The minimum Gasteiger partial charge on any atom is -0.0914 e.